The lowest BCUT2D eigenvalue weighted by Gasteiger charge is -2.26. The van der Waals surface area contributed by atoms with Crippen LogP contribution in [0.4, 0.5) is 0 Å². The first kappa shape index (κ1) is 13.8. The van der Waals surface area contributed by atoms with Crippen LogP contribution in [-0.4, -0.2) is 40.6 Å². The van der Waals surface area contributed by atoms with E-state index in [9.17, 15) is 4.79 Å². The average molecular weight is 304 g/mol. The lowest BCUT2D eigenvalue weighted by Crippen LogP contribution is -2.35. The summed E-state index contributed by atoms with van der Waals surface area (Å²) in [4.78, 5) is 19.1. The zero-order chi connectivity index (χ0) is 13.9. The van der Waals surface area contributed by atoms with E-state index in [0.717, 1.165) is 40.2 Å². The van der Waals surface area contributed by atoms with Crippen LogP contribution in [0.1, 0.15) is 11.1 Å². The standard InChI is InChI=1S/C15H16N2OS2/c1-11-2-4-12(5-3-11)10-13-14(18)16-15(20-13)17-6-8-19-9-7-17/h2-5,10H,6-9H2,1H3. The van der Waals surface area contributed by atoms with E-state index < -0.39 is 0 Å². The maximum atomic E-state index is 12.0. The summed E-state index contributed by atoms with van der Waals surface area (Å²) in [6.45, 7) is 4.03. The van der Waals surface area contributed by atoms with Gasteiger partial charge in [-0.25, -0.2) is 0 Å². The van der Waals surface area contributed by atoms with Gasteiger partial charge in [0.05, 0.1) is 4.91 Å². The van der Waals surface area contributed by atoms with Gasteiger partial charge in [0.1, 0.15) is 0 Å². The highest BCUT2D eigenvalue weighted by Gasteiger charge is 2.26. The molecule has 0 N–H and O–H groups in total. The van der Waals surface area contributed by atoms with Gasteiger partial charge in [0.25, 0.3) is 5.91 Å². The van der Waals surface area contributed by atoms with Gasteiger partial charge in [-0.2, -0.15) is 16.8 Å². The van der Waals surface area contributed by atoms with Gasteiger partial charge in [-0.15, -0.1) is 0 Å². The fraction of sp³-hybridized carbons (Fsp3) is 0.333. The number of hydrogen-bond donors (Lipinski definition) is 0. The molecule has 1 amide bonds. The zero-order valence-electron chi connectivity index (χ0n) is 11.3. The normalized spacial score (nSPS) is 21.4. The van der Waals surface area contributed by atoms with Crippen molar-refractivity contribution in [3.8, 4) is 0 Å². The average Bonchev–Trinajstić information content (AvgIpc) is 2.84. The molecule has 0 radical (unpaired) electrons. The number of benzene rings is 1. The van der Waals surface area contributed by atoms with Crippen molar-refractivity contribution in [1.29, 1.82) is 0 Å². The predicted octanol–water partition coefficient (Wildman–Crippen LogP) is 3.01. The van der Waals surface area contributed by atoms with Gasteiger partial charge in [0, 0.05) is 24.6 Å². The lowest BCUT2D eigenvalue weighted by atomic mass is 10.1. The summed E-state index contributed by atoms with van der Waals surface area (Å²) in [6, 6.07) is 8.18. The third kappa shape index (κ3) is 3.10. The molecule has 1 aromatic carbocycles. The Balaban J connectivity index is 1.74. The minimum Gasteiger partial charge on any atom is -0.349 e. The van der Waals surface area contributed by atoms with Gasteiger partial charge in [0.15, 0.2) is 5.17 Å². The van der Waals surface area contributed by atoms with Crippen molar-refractivity contribution in [2.45, 2.75) is 6.92 Å². The molecule has 0 aliphatic carbocycles. The molecule has 3 rings (SSSR count). The minimum absolute atomic E-state index is 0.108. The molecule has 1 saturated heterocycles. The van der Waals surface area contributed by atoms with Crippen LogP contribution in [0.3, 0.4) is 0 Å². The Labute approximate surface area is 127 Å². The van der Waals surface area contributed by atoms with Crippen molar-refractivity contribution in [3.63, 3.8) is 0 Å². The first-order valence-corrected chi connectivity index (χ1v) is 8.61. The van der Waals surface area contributed by atoms with E-state index in [-0.39, 0.29) is 5.91 Å². The smallest absolute Gasteiger partial charge is 0.286 e. The van der Waals surface area contributed by atoms with Crippen LogP contribution < -0.4 is 0 Å². The van der Waals surface area contributed by atoms with E-state index in [0.29, 0.717) is 0 Å². The number of aryl methyl sites for hydroxylation is 1. The second-order valence-corrected chi connectivity index (χ2v) is 7.05. The second kappa shape index (κ2) is 6.06. The third-order valence-corrected chi connectivity index (χ3v) is 5.25. The topological polar surface area (TPSA) is 32.7 Å². The van der Waals surface area contributed by atoms with Crippen LogP contribution in [-0.2, 0) is 4.79 Å². The molecule has 2 aliphatic heterocycles. The maximum Gasteiger partial charge on any atom is 0.286 e. The molecule has 0 spiro atoms. The molecule has 5 heteroatoms. The van der Waals surface area contributed by atoms with Crippen LogP contribution in [0.25, 0.3) is 6.08 Å². The molecule has 0 atom stereocenters. The van der Waals surface area contributed by atoms with Crippen molar-refractivity contribution in [1.82, 2.24) is 4.90 Å². The van der Waals surface area contributed by atoms with Gasteiger partial charge in [-0.05, 0) is 30.3 Å². The SMILES string of the molecule is Cc1ccc(C=C2SC(N3CCSCC3)=NC2=O)cc1. The number of hydrogen-bond acceptors (Lipinski definition) is 4. The van der Waals surface area contributed by atoms with Crippen LogP contribution in [0.5, 0.6) is 0 Å². The lowest BCUT2D eigenvalue weighted by molar-refractivity contribution is -0.113. The van der Waals surface area contributed by atoms with E-state index in [2.05, 4.69) is 28.9 Å². The fourth-order valence-electron chi connectivity index (χ4n) is 2.10. The molecule has 1 fully saturated rings. The minimum atomic E-state index is -0.108. The number of amides is 1. The van der Waals surface area contributed by atoms with Crippen molar-refractivity contribution in [2.24, 2.45) is 4.99 Å². The molecule has 0 saturated carbocycles. The maximum absolute atomic E-state index is 12.0. The summed E-state index contributed by atoms with van der Waals surface area (Å²) < 4.78 is 0. The predicted molar refractivity (Wildman–Crippen MR) is 88.1 cm³/mol. The van der Waals surface area contributed by atoms with Crippen molar-refractivity contribution < 1.29 is 4.79 Å². The van der Waals surface area contributed by atoms with Gasteiger partial charge < -0.3 is 4.90 Å². The molecule has 0 aromatic heterocycles. The van der Waals surface area contributed by atoms with Gasteiger partial charge in [-0.3, -0.25) is 4.79 Å². The highest BCUT2D eigenvalue weighted by atomic mass is 32.2. The van der Waals surface area contributed by atoms with Gasteiger partial charge in [0.2, 0.25) is 0 Å². The van der Waals surface area contributed by atoms with E-state index in [1.54, 1.807) is 0 Å². The highest BCUT2D eigenvalue weighted by Crippen LogP contribution is 2.31. The number of amidine groups is 1. The number of thioether (sulfide) groups is 2. The third-order valence-electron chi connectivity index (χ3n) is 3.27. The Hall–Kier alpha value is -1.20. The number of aliphatic imine (C=N–C) groups is 1. The molecule has 20 heavy (non-hydrogen) atoms. The first-order valence-electron chi connectivity index (χ1n) is 6.64. The molecule has 2 heterocycles. The summed E-state index contributed by atoms with van der Waals surface area (Å²) in [6.07, 6.45) is 1.93. The van der Waals surface area contributed by atoms with Crippen LogP contribution in [0, 0.1) is 6.92 Å². The molecular formula is C15H16N2OS2. The molecule has 104 valence electrons. The fourth-order valence-corrected chi connectivity index (χ4v) is 3.97. The summed E-state index contributed by atoms with van der Waals surface area (Å²) in [7, 11) is 0. The molecule has 3 nitrogen and oxygen atoms in total. The van der Waals surface area contributed by atoms with Crippen LogP contribution in [0.15, 0.2) is 34.2 Å². The number of nitrogens with zero attached hydrogens (tertiary/aromatic N) is 2. The summed E-state index contributed by atoms with van der Waals surface area (Å²) in [5.41, 5.74) is 2.28. The Morgan fingerprint density at radius 1 is 1.20 bits per heavy atom. The number of carbonyl (C=O) groups is 1. The first-order chi connectivity index (χ1) is 9.72. The number of carbonyl (C=O) groups excluding carboxylic acids is 1. The van der Waals surface area contributed by atoms with E-state index in [1.807, 2.05) is 30.0 Å². The van der Waals surface area contributed by atoms with Crippen LogP contribution in [0.2, 0.25) is 0 Å². The van der Waals surface area contributed by atoms with E-state index >= 15 is 0 Å². The molecular weight excluding hydrogens is 288 g/mol. The zero-order valence-corrected chi connectivity index (χ0v) is 13.0. The van der Waals surface area contributed by atoms with Crippen molar-refractivity contribution in [3.05, 3.63) is 40.3 Å². The second-order valence-electron chi connectivity index (χ2n) is 4.82. The summed E-state index contributed by atoms with van der Waals surface area (Å²) >= 11 is 3.46. The Bertz CT molecular complexity index is 572. The van der Waals surface area contributed by atoms with Crippen LogP contribution >= 0.6 is 23.5 Å². The molecule has 1 aromatic rings. The highest BCUT2D eigenvalue weighted by molar-refractivity contribution is 8.18. The largest absolute Gasteiger partial charge is 0.349 e. The van der Waals surface area contributed by atoms with Crippen molar-refractivity contribution >= 4 is 40.7 Å². The Morgan fingerprint density at radius 3 is 2.60 bits per heavy atom. The van der Waals surface area contributed by atoms with Gasteiger partial charge in [-0.1, -0.05) is 29.8 Å². The summed E-state index contributed by atoms with van der Waals surface area (Å²) in [5.74, 6) is 2.12. The molecule has 2 aliphatic rings. The molecule has 0 bridgehead atoms. The van der Waals surface area contributed by atoms with Gasteiger partial charge >= 0.3 is 0 Å². The Morgan fingerprint density at radius 2 is 1.90 bits per heavy atom. The van der Waals surface area contributed by atoms with E-state index in [4.69, 9.17) is 0 Å². The number of rotatable bonds is 1. The van der Waals surface area contributed by atoms with Crippen molar-refractivity contribution in [2.75, 3.05) is 24.6 Å². The van der Waals surface area contributed by atoms with E-state index in [1.165, 1.54) is 17.3 Å². The molecule has 0 unspecified atom stereocenters. The Kier molecular flexibility index (Phi) is 4.17. The monoisotopic (exact) mass is 304 g/mol. The quantitative estimate of drug-likeness (QED) is 0.747. The summed E-state index contributed by atoms with van der Waals surface area (Å²) in [5, 5.41) is 0.869.